The van der Waals surface area contributed by atoms with E-state index in [1.165, 1.54) is 69.6 Å². The Labute approximate surface area is 296 Å². The van der Waals surface area contributed by atoms with E-state index in [1.54, 1.807) is 12.1 Å². The number of fused-ring (bicyclic) bond motifs is 6. The molecule has 0 nitrogen and oxygen atoms in total. The van der Waals surface area contributed by atoms with E-state index in [1.807, 2.05) is 72.8 Å². The lowest BCUT2D eigenvalue weighted by atomic mass is 9.83. The van der Waals surface area contributed by atoms with Crippen molar-refractivity contribution in [2.75, 3.05) is 0 Å². The average Bonchev–Trinajstić information content (AvgIpc) is 3.10. The lowest BCUT2D eigenvalue weighted by Crippen LogP contribution is -2.08. The van der Waals surface area contributed by atoms with Crippen molar-refractivity contribution in [3.05, 3.63) is 132 Å². The molecule has 246 valence electrons. The number of hydrogen-bond acceptors (Lipinski definition) is 4. The standard InChI is InChI=1S/C40H20F6S4/c41-39(42,43)27-11-3-1-9-21(27)37-23-17-33-35(49-31-15-7-5-13-29(31)47-33)19-25(23)38(22-10-2-4-12-28(22)40(44,45)46)26-20-36-34(18-24(26)37)48-30-14-6-8-16-32(30)50-36/h1-20H. The Kier molecular flexibility index (Phi) is 7.26. The van der Waals surface area contributed by atoms with Gasteiger partial charge in [0.15, 0.2) is 0 Å². The topological polar surface area (TPSA) is 0 Å². The third kappa shape index (κ3) is 5.16. The second-order valence-corrected chi connectivity index (χ2v) is 16.2. The van der Waals surface area contributed by atoms with Gasteiger partial charge in [0, 0.05) is 37.6 Å². The third-order valence-electron chi connectivity index (χ3n) is 8.83. The number of halogens is 6. The predicted octanol–water partition coefficient (Wildman–Crippen LogP) is 15.3. The summed E-state index contributed by atoms with van der Waals surface area (Å²) in [5, 5.41) is 1.84. The monoisotopic (exact) mass is 742 g/mol. The summed E-state index contributed by atoms with van der Waals surface area (Å²) in [4.78, 5) is 0. The zero-order valence-corrected chi connectivity index (χ0v) is 28.7. The molecule has 0 amide bonds. The van der Waals surface area contributed by atoms with Crippen molar-refractivity contribution < 1.29 is 26.3 Å². The van der Waals surface area contributed by atoms with Crippen LogP contribution in [-0.4, -0.2) is 0 Å². The van der Waals surface area contributed by atoms with Crippen LogP contribution < -0.4 is 0 Å². The van der Waals surface area contributed by atoms with Gasteiger partial charge in [-0.3, -0.25) is 0 Å². The quantitative estimate of drug-likeness (QED) is 0.122. The Balaban J connectivity index is 1.57. The summed E-state index contributed by atoms with van der Waals surface area (Å²) >= 11 is 6.04. The van der Waals surface area contributed by atoms with Crippen LogP contribution in [0, 0.1) is 0 Å². The van der Waals surface area contributed by atoms with E-state index >= 15 is 0 Å². The summed E-state index contributed by atoms with van der Waals surface area (Å²) in [5.41, 5.74) is -0.963. The minimum absolute atomic E-state index is 0.0201. The van der Waals surface area contributed by atoms with Gasteiger partial charge in [0.25, 0.3) is 0 Å². The van der Waals surface area contributed by atoms with Crippen LogP contribution in [0.4, 0.5) is 26.3 Å². The molecule has 0 aliphatic carbocycles. The van der Waals surface area contributed by atoms with Crippen molar-refractivity contribution >= 4 is 104 Å². The van der Waals surface area contributed by atoms with Crippen LogP contribution >= 0.6 is 45.3 Å². The second-order valence-electron chi connectivity index (χ2n) is 11.8. The van der Waals surface area contributed by atoms with Gasteiger partial charge in [-0.1, -0.05) is 60.7 Å². The van der Waals surface area contributed by atoms with Crippen molar-refractivity contribution in [2.45, 2.75) is 12.4 Å². The van der Waals surface area contributed by atoms with Gasteiger partial charge < -0.3 is 0 Å². The first-order valence-corrected chi connectivity index (χ1v) is 18.7. The smallest absolute Gasteiger partial charge is 0.166 e. The molecule has 0 saturated heterocycles. The van der Waals surface area contributed by atoms with Crippen LogP contribution in [0.1, 0.15) is 11.1 Å². The van der Waals surface area contributed by atoms with E-state index in [0.717, 1.165) is 49.7 Å². The predicted molar refractivity (Wildman–Crippen MR) is 201 cm³/mol. The van der Waals surface area contributed by atoms with Crippen LogP contribution in [0.25, 0.3) is 81.4 Å². The Hall–Kier alpha value is -4.48. The van der Waals surface area contributed by atoms with Crippen LogP contribution in [0.5, 0.6) is 0 Å². The minimum atomic E-state index is -4.67. The molecule has 0 aliphatic heterocycles. The van der Waals surface area contributed by atoms with Gasteiger partial charge in [-0.05, 0) is 104 Å². The molecule has 0 atom stereocenters. The van der Waals surface area contributed by atoms with Crippen molar-refractivity contribution in [3.8, 4) is 22.3 Å². The van der Waals surface area contributed by atoms with E-state index in [-0.39, 0.29) is 11.1 Å². The average molecular weight is 743 g/mol. The second kappa shape index (κ2) is 11.5. The maximum absolute atomic E-state index is 14.8. The molecule has 9 rings (SSSR count). The lowest BCUT2D eigenvalue weighted by molar-refractivity contribution is -0.137. The molecule has 2 heterocycles. The van der Waals surface area contributed by atoms with Crippen molar-refractivity contribution in [3.63, 3.8) is 0 Å². The highest BCUT2D eigenvalue weighted by Crippen LogP contribution is 2.52. The zero-order valence-electron chi connectivity index (χ0n) is 25.4. The minimum Gasteiger partial charge on any atom is -0.166 e. The first kappa shape index (κ1) is 31.5. The highest BCUT2D eigenvalue weighted by atomic mass is 32.1. The molecule has 0 spiro atoms. The van der Waals surface area contributed by atoms with E-state index in [2.05, 4.69) is 0 Å². The highest BCUT2D eigenvalue weighted by Gasteiger charge is 2.36. The van der Waals surface area contributed by atoms with E-state index in [4.69, 9.17) is 0 Å². The summed E-state index contributed by atoms with van der Waals surface area (Å²) in [5.74, 6) is 0. The number of alkyl halides is 6. The molecule has 50 heavy (non-hydrogen) atoms. The van der Waals surface area contributed by atoms with Crippen molar-refractivity contribution in [1.82, 2.24) is 0 Å². The molecular formula is C40H20F6S4. The molecule has 0 fully saturated rings. The molecule has 7 aromatic carbocycles. The largest absolute Gasteiger partial charge is 0.417 e. The zero-order chi connectivity index (χ0) is 34.4. The normalized spacial score (nSPS) is 12.6. The first-order valence-electron chi connectivity index (χ1n) is 15.4. The molecular weight excluding hydrogens is 723 g/mol. The van der Waals surface area contributed by atoms with Crippen molar-refractivity contribution in [1.29, 1.82) is 0 Å². The summed E-state index contributed by atoms with van der Waals surface area (Å²) in [6.07, 6.45) is -9.35. The highest BCUT2D eigenvalue weighted by molar-refractivity contribution is 7.36. The number of rotatable bonds is 2. The summed E-state index contributed by atoms with van der Waals surface area (Å²) in [6, 6.07) is 34.1. The van der Waals surface area contributed by atoms with Crippen LogP contribution in [-0.2, 0) is 12.4 Å². The Morgan fingerprint density at radius 2 is 0.580 bits per heavy atom. The SMILES string of the molecule is FC(F)(F)c1ccccc1-c1c2cc3sc4ccccc4sc3cc2c(-c2ccccc2C(F)(F)F)c2cc3sc4ccccc4sc3cc12. The number of benzene rings is 7. The maximum atomic E-state index is 14.8. The first-order chi connectivity index (χ1) is 24.0. The fourth-order valence-corrected chi connectivity index (χ4v) is 11.3. The molecule has 0 aliphatic rings. The molecule has 0 saturated carbocycles. The lowest BCUT2D eigenvalue weighted by Gasteiger charge is -2.22. The van der Waals surface area contributed by atoms with Gasteiger partial charge in [-0.25, -0.2) is 0 Å². The maximum Gasteiger partial charge on any atom is 0.417 e. The van der Waals surface area contributed by atoms with Gasteiger partial charge in [-0.2, -0.15) is 26.3 Å². The van der Waals surface area contributed by atoms with E-state index in [9.17, 15) is 26.3 Å². The van der Waals surface area contributed by atoms with Gasteiger partial charge >= 0.3 is 12.4 Å². The van der Waals surface area contributed by atoms with Gasteiger partial charge in [0.05, 0.1) is 11.1 Å². The van der Waals surface area contributed by atoms with Gasteiger partial charge in [0.1, 0.15) is 0 Å². The van der Waals surface area contributed by atoms with Gasteiger partial charge in [0.2, 0.25) is 0 Å². The van der Waals surface area contributed by atoms with E-state index < -0.39 is 23.5 Å². The molecule has 0 bridgehead atoms. The fourth-order valence-electron chi connectivity index (χ4n) is 6.74. The molecule has 0 radical (unpaired) electrons. The van der Waals surface area contributed by atoms with Gasteiger partial charge in [-0.15, -0.1) is 45.3 Å². The van der Waals surface area contributed by atoms with Crippen LogP contribution in [0.15, 0.2) is 121 Å². The van der Waals surface area contributed by atoms with Crippen LogP contribution in [0.3, 0.4) is 0 Å². The molecule has 9 aromatic rings. The number of hydrogen-bond donors (Lipinski definition) is 0. The summed E-state index contributed by atoms with van der Waals surface area (Å²) in [6.45, 7) is 0. The molecule has 0 unspecified atom stereocenters. The molecule has 0 N–H and O–H groups in total. The third-order valence-corrected chi connectivity index (χ3v) is 13.9. The van der Waals surface area contributed by atoms with Crippen LogP contribution in [0.2, 0.25) is 0 Å². The Morgan fingerprint density at radius 3 is 0.860 bits per heavy atom. The molecule has 2 aromatic heterocycles. The van der Waals surface area contributed by atoms with E-state index in [0.29, 0.717) is 32.7 Å². The molecule has 10 heteroatoms. The summed E-state index contributed by atoms with van der Waals surface area (Å²) in [7, 11) is 0. The summed E-state index contributed by atoms with van der Waals surface area (Å²) < 4.78 is 96.1. The van der Waals surface area contributed by atoms with Crippen molar-refractivity contribution in [2.24, 2.45) is 0 Å². The fraction of sp³-hybridized carbons (Fsp3) is 0.0500. The Morgan fingerprint density at radius 1 is 0.320 bits per heavy atom. The Bertz CT molecular complexity index is 2530.